The molecule has 0 aromatic heterocycles. The lowest BCUT2D eigenvalue weighted by Crippen LogP contribution is -2.63. The molecule has 5 atom stereocenters. The van der Waals surface area contributed by atoms with Gasteiger partial charge in [0.25, 0.3) is 5.69 Å². The normalized spacial score (nSPS) is 22.2. The highest BCUT2D eigenvalue weighted by atomic mass is 28.4. The van der Waals surface area contributed by atoms with Crippen LogP contribution in [0.2, 0.25) is 18.1 Å². The summed E-state index contributed by atoms with van der Waals surface area (Å²) < 4.78 is 32.9. The van der Waals surface area contributed by atoms with E-state index in [4.69, 9.17) is 28.1 Å². The molecular formula is C28H37NO12Si. The van der Waals surface area contributed by atoms with Crippen molar-refractivity contribution in [2.24, 2.45) is 0 Å². The fraction of sp³-hybridized carbons (Fsp3) is 0.571. The summed E-state index contributed by atoms with van der Waals surface area (Å²) in [5.74, 6) is 2.16. The SMILES string of the molecule is COC(=O)C1OC(C#Cc2cc([N+](=O)[O-])ccc2CO[Si](C)(C)C(C)(C)C)C(OC(C)=O)C(OC(C)=O)C1OC(C)=O. The second-order valence-corrected chi connectivity index (χ2v) is 15.9. The number of methoxy groups -OCH3 is 1. The molecule has 1 fully saturated rings. The number of nitro groups is 1. The Kier molecular flexibility index (Phi) is 11.4. The first kappa shape index (κ1) is 34.4. The summed E-state index contributed by atoms with van der Waals surface area (Å²) in [5.41, 5.74) is 0.557. The standard InChI is InChI=1S/C28H37NO12Si/c1-16(30)38-23-22(41-26(27(33)36-7)25(40-18(3)32)24(23)39-17(2)31)13-11-19-14-21(29(34)35)12-10-20(19)15-37-42(8,9)28(4,5)6/h10,12,14,22-26H,15H2,1-9H3. The Labute approximate surface area is 245 Å². The van der Waals surface area contributed by atoms with Crippen LogP contribution in [0.25, 0.3) is 0 Å². The highest BCUT2D eigenvalue weighted by molar-refractivity contribution is 6.74. The number of nitrogens with zero attached hydrogens (tertiary/aromatic N) is 1. The minimum Gasteiger partial charge on any atom is -0.467 e. The number of carbonyl (C=O) groups is 4. The molecule has 5 unspecified atom stereocenters. The van der Waals surface area contributed by atoms with E-state index in [1.165, 1.54) is 18.2 Å². The first-order valence-electron chi connectivity index (χ1n) is 13.1. The van der Waals surface area contributed by atoms with Crippen LogP contribution in [-0.2, 0) is 53.9 Å². The van der Waals surface area contributed by atoms with Crippen LogP contribution in [0.15, 0.2) is 18.2 Å². The van der Waals surface area contributed by atoms with Crippen molar-refractivity contribution in [3.8, 4) is 11.8 Å². The summed E-state index contributed by atoms with van der Waals surface area (Å²) in [4.78, 5) is 59.5. The third kappa shape index (κ3) is 8.85. The van der Waals surface area contributed by atoms with Crippen LogP contribution in [0.5, 0.6) is 0 Å². The van der Waals surface area contributed by atoms with Crippen molar-refractivity contribution >= 4 is 37.9 Å². The third-order valence-corrected chi connectivity index (χ3v) is 11.4. The quantitative estimate of drug-likeness (QED) is 0.106. The van der Waals surface area contributed by atoms with Gasteiger partial charge in [-0.15, -0.1) is 0 Å². The van der Waals surface area contributed by atoms with Crippen LogP contribution in [0.3, 0.4) is 0 Å². The first-order valence-corrected chi connectivity index (χ1v) is 16.0. The average molecular weight is 608 g/mol. The molecule has 14 heteroatoms. The van der Waals surface area contributed by atoms with E-state index in [2.05, 4.69) is 45.7 Å². The van der Waals surface area contributed by atoms with Crippen molar-refractivity contribution < 1.29 is 52.2 Å². The van der Waals surface area contributed by atoms with Crippen molar-refractivity contribution in [1.82, 2.24) is 0 Å². The fourth-order valence-corrected chi connectivity index (χ4v) is 4.73. The van der Waals surface area contributed by atoms with E-state index in [-0.39, 0.29) is 22.9 Å². The predicted molar refractivity (Wildman–Crippen MR) is 149 cm³/mol. The lowest BCUT2D eigenvalue weighted by Gasteiger charge is -2.42. The maximum Gasteiger partial charge on any atom is 0.339 e. The number of ether oxygens (including phenoxy) is 5. The van der Waals surface area contributed by atoms with E-state index < -0.39 is 67.6 Å². The molecule has 0 amide bonds. The Morgan fingerprint density at radius 3 is 2.02 bits per heavy atom. The van der Waals surface area contributed by atoms with Gasteiger partial charge < -0.3 is 28.1 Å². The van der Waals surface area contributed by atoms with E-state index in [1.54, 1.807) is 0 Å². The van der Waals surface area contributed by atoms with Crippen LogP contribution in [0, 0.1) is 22.0 Å². The van der Waals surface area contributed by atoms with Gasteiger partial charge in [-0.2, -0.15) is 0 Å². The molecule has 1 aliphatic heterocycles. The lowest BCUT2D eigenvalue weighted by molar-refractivity contribution is -0.384. The number of hydrogen-bond donors (Lipinski definition) is 0. The van der Waals surface area contributed by atoms with E-state index in [9.17, 15) is 29.3 Å². The third-order valence-electron chi connectivity index (χ3n) is 6.93. The zero-order chi connectivity index (χ0) is 32.0. The van der Waals surface area contributed by atoms with Crippen LogP contribution in [0.4, 0.5) is 5.69 Å². The van der Waals surface area contributed by atoms with E-state index in [1.807, 2.05) is 0 Å². The van der Waals surface area contributed by atoms with Crippen molar-refractivity contribution in [2.75, 3.05) is 7.11 Å². The molecule has 13 nitrogen and oxygen atoms in total. The van der Waals surface area contributed by atoms with Gasteiger partial charge in [-0.25, -0.2) is 4.79 Å². The summed E-state index contributed by atoms with van der Waals surface area (Å²) in [6, 6.07) is 4.14. The summed E-state index contributed by atoms with van der Waals surface area (Å²) >= 11 is 0. The topological polar surface area (TPSA) is 167 Å². The van der Waals surface area contributed by atoms with E-state index >= 15 is 0 Å². The molecule has 1 saturated heterocycles. The highest BCUT2D eigenvalue weighted by Crippen LogP contribution is 2.37. The van der Waals surface area contributed by atoms with Gasteiger partial charge in [0.15, 0.2) is 38.8 Å². The van der Waals surface area contributed by atoms with Crippen molar-refractivity contribution in [2.45, 2.75) is 96.8 Å². The minimum absolute atomic E-state index is 0.0973. The summed E-state index contributed by atoms with van der Waals surface area (Å²) in [6.07, 6.45) is -7.51. The smallest absolute Gasteiger partial charge is 0.339 e. The number of non-ortho nitro benzene ring substituents is 1. The van der Waals surface area contributed by atoms with Gasteiger partial charge in [-0.3, -0.25) is 24.5 Å². The highest BCUT2D eigenvalue weighted by Gasteiger charge is 2.54. The number of hydrogen-bond acceptors (Lipinski definition) is 12. The van der Waals surface area contributed by atoms with Crippen molar-refractivity contribution in [3.05, 3.63) is 39.4 Å². The average Bonchev–Trinajstić information content (AvgIpc) is 2.87. The van der Waals surface area contributed by atoms with Crippen LogP contribution in [-0.4, -0.2) is 74.7 Å². The largest absolute Gasteiger partial charge is 0.467 e. The van der Waals surface area contributed by atoms with Gasteiger partial charge in [0.1, 0.15) is 0 Å². The van der Waals surface area contributed by atoms with Gasteiger partial charge in [0.05, 0.1) is 18.6 Å². The lowest BCUT2D eigenvalue weighted by atomic mass is 9.93. The molecule has 42 heavy (non-hydrogen) atoms. The maximum atomic E-state index is 12.7. The molecule has 2 rings (SSSR count). The number of carbonyl (C=O) groups excluding carboxylic acids is 4. The Balaban J connectivity index is 2.65. The van der Waals surface area contributed by atoms with Crippen LogP contribution < -0.4 is 0 Å². The summed E-state index contributed by atoms with van der Waals surface area (Å²) in [5, 5.41) is 11.4. The number of rotatable bonds is 8. The Hall–Kier alpha value is -3.80. The zero-order valence-electron chi connectivity index (χ0n) is 25.2. The predicted octanol–water partition coefficient (Wildman–Crippen LogP) is 3.20. The van der Waals surface area contributed by atoms with Gasteiger partial charge in [-0.1, -0.05) is 32.6 Å². The second kappa shape index (κ2) is 13.9. The Bertz CT molecular complexity index is 1280. The molecule has 230 valence electrons. The van der Waals surface area contributed by atoms with Crippen molar-refractivity contribution in [3.63, 3.8) is 0 Å². The molecule has 0 radical (unpaired) electrons. The molecule has 0 bridgehead atoms. The molecule has 0 aliphatic carbocycles. The van der Waals surface area contributed by atoms with E-state index in [0.717, 1.165) is 27.9 Å². The molecule has 1 aromatic carbocycles. The summed E-state index contributed by atoms with van der Waals surface area (Å²) in [6.45, 7) is 13.7. The van der Waals surface area contributed by atoms with Gasteiger partial charge >= 0.3 is 23.9 Å². The molecular weight excluding hydrogens is 570 g/mol. The van der Waals surface area contributed by atoms with Crippen LogP contribution in [0.1, 0.15) is 52.7 Å². The Morgan fingerprint density at radius 1 is 0.976 bits per heavy atom. The number of nitro benzene ring substituents is 1. The molecule has 0 saturated carbocycles. The fourth-order valence-electron chi connectivity index (χ4n) is 3.78. The summed E-state index contributed by atoms with van der Waals surface area (Å²) in [7, 11) is -1.13. The number of benzene rings is 1. The molecule has 1 heterocycles. The van der Waals surface area contributed by atoms with Crippen LogP contribution >= 0.6 is 0 Å². The molecule has 1 aromatic rings. The Morgan fingerprint density at radius 2 is 1.52 bits per heavy atom. The van der Waals surface area contributed by atoms with Gasteiger partial charge in [0.2, 0.25) is 0 Å². The maximum absolute atomic E-state index is 12.7. The van der Waals surface area contributed by atoms with Gasteiger partial charge in [-0.05, 0) is 29.8 Å². The van der Waals surface area contributed by atoms with Crippen molar-refractivity contribution in [1.29, 1.82) is 0 Å². The monoisotopic (exact) mass is 607 g/mol. The minimum atomic E-state index is -2.21. The number of esters is 4. The van der Waals surface area contributed by atoms with Gasteiger partial charge in [0, 0.05) is 38.5 Å². The molecule has 1 aliphatic rings. The molecule has 0 N–H and O–H groups in total. The first-order chi connectivity index (χ1) is 19.4. The zero-order valence-corrected chi connectivity index (χ0v) is 26.2. The van der Waals surface area contributed by atoms with E-state index in [0.29, 0.717) is 5.56 Å². The molecule has 0 spiro atoms. The second-order valence-electron chi connectivity index (χ2n) is 11.1.